The van der Waals surface area contributed by atoms with Crippen molar-refractivity contribution in [3.8, 4) is 0 Å². The molecule has 0 bridgehead atoms. The average molecular weight is 199 g/mol. The van der Waals surface area contributed by atoms with E-state index in [0.717, 1.165) is 11.7 Å². The Hall–Kier alpha value is 0.375. The van der Waals surface area contributed by atoms with E-state index in [1.54, 1.807) is 0 Å². The number of thiol groups is 1. The maximum Gasteiger partial charge on any atom is 0.105 e. The zero-order valence-corrected chi connectivity index (χ0v) is 10.1. The predicted octanol–water partition coefficient (Wildman–Crippen LogP) is 1.81. The lowest BCUT2D eigenvalue weighted by atomic mass is 9.76. The molecule has 3 atom stereocenters. The Kier molecular flexibility index (Phi) is 4.67. The van der Waals surface area contributed by atoms with Gasteiger partial charge in [0.15, 0.2) is 0 Å². The van der Waals surface area contributed by atoms with E-state index in [2.05, 4.69) is 39.2 Å². The van der Waals surface area contributed by atoms with Crippen molar-refractivity contribution in [2.45, 2.75) is 44.3 Å². The Balaban J connectivity index is 2.49. The minimum atomic E-state index is 0.430. The quantitative estimate of drug-likeness (QED) is 0.524. The standard InChI is InChI=1S/C10H22BNS/c1-8(11)10-5-3-4-6-12(7-10)9(2)13/h8-10,13H,3-7,11H2,1-2H3. The van der Waals surface area contributed by atoms with Crippen LogP contribution in [0.2, 0.25) is 5.82 Å². The summed E-state index contributed by atoms with van der Waals surface area (Å²) >= 11 is 4.52. The minimum Gasteiger partial charge on any atom is -0.292 e. The summed E-state index contributed by atoms with van der Waals surface area (Å²) in [4.78, 5) is 2.51. The highest BCUT2D eigenvalue weighted by atomic mass is 32.1. The van der Waals surface area contributed by atoms with Gasteiger partial charge in [0.05, 0.1) is 0 Å². The topological polar surface area (TPSA) is 3.24 Å². The van der Waals surface area contributed by atoms with Crippen molar-refractivity contribution in [1.82, 2.24) is 4.90 Å². The molecule has 0 aromatic rings. The molecule has 1 aliphatic heterocycles. The predicted molar refractivity (Wildman–Crippen MR) is 65.3 cm³/mol. The van der Waals surface area contributed by atoms with Crippen LogP contribution < -0.4 is 0 Å². The van der Waals surface area contributed by atoms with Crippen molar-refractivity contribution in [3.05, 3.63) is 0 Å². The largest absolute Gasteiger partial charge is 0.292 e. The van der Waals surface area contributed by atoms with E-state index >= 15 is 0 Å². The van der Waals surface area contributed by atoms with Crippen molar-refractivity contribution in [3.63, 3.8) is 0 Å². The molecule has 0 spiro atoms. The first-order valence-electron chi connectivity index (χ1n) is 5.53. The van der Waals surface area contributed by atoms with Crippen molar-refractivity contribution < 1.29 is 0 Å². The van der Waals surface area contributed by atoms with Crippen LogP contribution in [0.4, 0.5) is 0 Å². The number of rotatable bonds is 2. The van der Waals surface area contributed by atoms with E-state index in [0.29, 0.717) is 5.37 Å². The summed E-state index contributed by atoms with van der Waals surface area (Å²) in [6.07, 6.45) is 4.17. The molecule has 3 unspecified atom stereocenters. The smallest absolute Gasteiger partial charge is 0.105 e. The summed E-state index contributed by atoms with van der Waals surface area (Å²) in [5.74, 6) is 1.71. The second-order valence-electron chi connectivity index (χ2n) is 4.63. The summed E-state index contributed by atoms with van der Waals surface area (Å²) < 4.78 is 0. The average Bonchev–Trinajstić information content (AvgIpc) is 2.28. The highest BCUT2D eigenvalue weighted by Crippen LogP contribution is 2.26. The number of likely N-dealkylation sites (tertiary alicyclic amines) is 1. The van der Waals surface area contributed by atoms with Crippen molar-refractivity contribution in [1.29, 1.82) is 0 Å². The molecule has 0 aromatic heterocycles. The van der Waals surface area contributed by atoms with Crippen LogP contribution in [0.3, 0.4) is 0 Å². The number of nitrogens with zero attached hydrogens (tertiary/aromatic N) is 1. The van der Waals surface area contributed by atoms with E-state index in [1.165, 1.54) is 32.4 Å². The van der Waals surface area contributed by atoms with Crippen LogP contribution >= 0.6 is 12.6 Å². The Morgan fingerprint density at radius 1 is 1.38 bits per heavy atom. The molecule has 1 fully saturated rings. The highest BCUT2D eigenvalue weighted by Gasteiger charge is 2.21. The van der Waals surface area contributed by atoms with Gasteiger partial charge in [-0.05, 0) is 32.2 Å². The number of hydrogen-bond donors (Lipinski definition) is 1. The third-order valence-electron chi connectivity index (χ3n) is 3.21. The molecule has 1 aliphatic rings. The second-order valence-corrected chi connectivity index (χ2v) is 5.37. The molecule has 1 heterocycles. The number of hydrogen-bond acceptors (Lipinski definition) is 2. The van der Waals surface area contributed by atoms with Gasteiger partial charge in [-0.3, -0.25) is 4.90 Å². The summed E-state index contributed by atoms with van der Waals surface area (Å²) in [6, 6.07) is 0. The molecule has 3 heteroatoms. The minimum absolute atomic E-state index is 0.430. The fraction of sp³-hybridized carbons (Fsp3) is 1.00. The Morgan fingerprint density at radius 2 is 2.08 bits per heavy atom. The van der Waals surface area contributed by atoms with E-state index in [4.69, 9.17) is 0 Å². The van der Waals surface area contributed by atoms with E-state index in [1.807, 2.05) is 0 Å². The lowest BCUT2D eigenvalue weighted by Crippen LogP contribution is -2.34. The fourth-order valence-electron chi connectivity index (χ4n) is 2.09. The Labute approximate surface area is 89.1 Å². The maximum absolute atomic E-state index is 4.52. The third kappa shape index (κ3) is 3.55. The van der Waals surface area contributed by atoms with E-state index in [-0.39, 0.29) is 0 Å². The molecule has 0 aromatic carbocycles. The first-order chi connectivity index (χ1) is 6.11. The van der Waals surface area contributed by atoms with Crippen LogP contribution in [-0.2, 0) is 0 Å². The van der Waals surface area contributed by atoms with Gasteiger partial charge in [-0.15, -0.1) is 0 Å². The van der Waals surface area contributed by atoms with Crippen LogP contribution in [0, 0.1) is 5.92 Å². The lowest BCUT2D eigenvalue weighted by molar-refractivity contribution is 0.241. The summed E-state index contributed by atoms with van der Waals surface area (Å²) in [6.45, 7) is 7.03. The molecule has 0 N–H and O–H groups in total. The van der Waals surface area contributed by atoms with Gasteiger partial charge in [-0.25, -0.2) is 0 Å². The second kappa shape index (κ2) is 5.30. The van der Waals surface area contributed by atoms with Gasteiger partial charge in [0.2, 0.25) is 0 Å². The molecule has 0 aliphatic carbocycles. The van der Waals surface area contributed by atoms with Crippen LogP contribution in [0.25, 0.3) is 0 Å². The van der Waals surface area contributed by atoms with Gasteiger partial charge in [0, 0.05) is 11.9 Å². The summed E-state index contributed by atoms with van der Waals surface area (Å²) in [7, 11) is 2.34. The van der Waals surface area contributed by atoms with Crippen LogP contribution in [0.15, 0.2) is 0 Å². The molecular formula is C10H22BNS. The van der Waals surface area contributed by atoms with Crippen LogP contribution in [0.1, 0.15) is 33.1 Å². The monoisotopic (exact) mass is 199 g/mol. The van der Waals surface area contributed by atoms with Gasteiger partial charge in [-0.2, -0.15) is 12.6 Å². The van der Waals surface area contributed by atoms with Crippen molar-refractivity contribution in [2.75, 3.05) is 13.1 Å². The van der Waals surface area contributed by atoms with Crippen LogP contribution in [0.5, 0.6) is 0 Å². The zero-order valence-electron chi connectivity index (χ0n) is 9.16. The van der Waals surface area contributed by atoms with Crippen molar-refractivity contribution >= 4 is 20.5 Å². The molecule has 0 amide bonds. The molecule has 0 saturated carbocycles. The molecule has 13 heavy (non-hydrogen) atoms. The van der Waals surface area contributed by atoms with Gasteiger partial charge < -0.3 is 0 Å². The fourth-order valence-corrected chi connectivity index (χ4v) is 2.30. The van der Waals surface area contributed by atoms with Crippen LogP contribution in [-0.4, -0.2) is 31.2 Å². The van der Waals surface area contributed by atoms with Gasteiger partial charge in [0.1, 0.15) is 7.85 Å². The summed E-state index contributed by atoms with van der Waals surface area (Å²) in [5.41, 5.74) is 0. The molecular weight excluding hydrogens is 177 g/mol. The normalized spacial score (nSPS) is 30.8. The molecule has 1 rings (SSSR count). The van der Waals surface area contributed by atoms with Gasteiger partial charge in [0.25, 0.3) is 0 Å². The zero-order chi connectivity index (χ0) is 9.84. The van der Waals surface area contributed by atoms with Gasteiger partial charge in [-0.1, -0.05) is 19.2 Å². The molecule has 1 saturated heterocycles. The van der Waals surface area contributed by atoms with Gasteiger partial charge >= 0.3 is 0 Å². The molecule has 1 nitrogen and oxygen atoms in total. The Bertz CT molecular complexity index is 134. The van der Waals surface area contributed by atoms with Crippen molar-refractivity contribution in [2.24, 2.45) is 5.92 Å². The first-order valence-corrected chi connectivity index (χ1v) is 6.05. The SMILES string of the molecule is BC(C)C1CCCCN(C(C)S)C1. The van der Waals surface area contributed by atoms with E-state index < -0.39 is 0 Å². The maximum atomic E-state index is 4.52. The molecule has 76 valence electrons. The Morgan fingerprint density at radius 3 is 2.62 bits per heavy atom. The molecule has 0 radical (unpaired) electrons. The lowest BCUT2D eigenvalue weighted by Gasteiger charge is -2.28. The third-order valence-corrected chi connectivity index (χ3v) is 3.54. The first kappa shape index (κ1) is 11.4. The summed E-state index contributed by atoms with van der Waals surface area (Å²) in [5, 5.41) is 0.430. The van der Waals surface area contributed by atoms with E-state index in [9.17, 15) is 0 Å². The highest BCUT2D eigenvalue weighted by molar-refractivity contribution is 7.80.